The fraction of sp³-hybridized carbons (Fsp3) is 0.263. The zero-order chi connectivity index (χ0) is 18.1. The molecule has 3 rings (SSSR count). The predicted octanol–water partition coefficient (Wildman–Crippen LogP) is 4.20. The number of nitrogen functional groups attached to an aromatic ring is 1. The number of thiophene rings is 1. The van der Waals surface area contributed by atoms with Crippen molar-refractivity contribution in [3.63, 3.8) is 0 Å². The Morgan fingerprint density at radius 2 is 1.96 bits per heavy atom. The minimum Gasteiger partial charge on any atom is -0.397 e. The number of amides is 1. The minimum absolute atomic E-state index is 0.209. The first-order valence-corrected chi connectivity index (χ1v) is 8.79. The van der Waals surface area contributed by atoms with E-state index in [1.54, 1.807) is 7.11 Å². The molecule has 0 unspecified atom stereocenters. The SMILES string of the molecule is COCc1cc(C)nc2sc(C(=O)Nc3c(C)cccc3C)c(N)c12. The van der Waals surface area contributed by atoms with Crippen LogP contribution in [0.15, 0.2) is 24.3 Å². The Balaban J connectivity index is 2.05. The third-order valence-electron chi connectivity index (χ3n) is 4.13. The van der Waals surface area contributed by atoms with Crippen LogP contribution < -0.4 is 11.1 Å². The third kappa shape index (κ3) is 3.23. The Labute approximate surface area is 150 Å². The van der Waals surface area contributed by atoms with Gasteiger partial charge in [-0.15, -0.1) is 11.3 Å². The number of hydrogen-bond acceptors (Lipinski definition) is 5. The molecule has 0 bridgehead atoms. The van der Waals surface area contributed by atoms with Crippen LogP contribution in [0.1, 0.15) is 32.1 Å². The van der Waals surface area contributed by atoms with Crippen LogP contribution in [-0.4, -0.2) is 18.0 Å². The quantitative estimate of drug-likeness (QED) is 0.735. The molecule has 2 heterocycles. The molecular weight excluding hydrogens is 334 g/mol. The highest BCUT2D eigenvalue weighted by Gasteiger charge is 2.21. The van der Waals surface area contributed by atoms with Gasteiger partial charge < -0.3 is 15.8 Å². The van der Waals surface area contributed by atoms with Crippen molar-refractivity contribution in [1.82, 2.24) is 4.98 Å². The molecule has 130 valence electrons. The smallest absolute Gasteiger partial charge is 0.267 e. The number of hydrogen-bond donors (Lipinski definition) is 2. The van der Waals surface area contributed by atoms with Gasteiger partial charge in [-0.2, -0.15) is 0 Å². The second-order valence-corrected chi connectivity index (χ2v) is 7.10. The summed E-state index contributed by atoms with van der Waals surface area (Å²) in [6, 6.07) is 7.86. The number of fused-ring (bicyclic) bond motifs is 1. The monoisotopic (exact) mass is 355 g/mol. The maximum Gasteiger partial charge on any atom is 0.267 e. The topological polar surface area (TPSA) is 77.2 Å². The largest absolute Gasteiger partial charge is 0.397 e. The molecule has 6 heteroatoms. The van der Waals surface area contributed by atoms with Gasteiger partial charge in [-0.25, -0.2) is 4.98 Å². The summed E-state index contributed by atoms with van der Waals surface area (Å²) in [6.07, 6.45) is 0. The van der Waals surface area contributed by atoms with E-state index in [4.69, 9.17) is 10.5 Å². The molecule has 0 aliphatic carbocycles. The molecule has 25 heavy (non-hydrogen) atoms. The average molecular weight is 355 g/mol. The van der Waals surface area contributed by atoms with Gasteiger partial charge >= 0.3 is 0 Å². The van der Waals surface area contributed by atoms with E-state index in [0.717, 1.165) is 38.3 Å². The van der Waals surface area contributed by atoms with Gasteiger partial charge in [-0.3, -0.25) is 4.79 Å². The minimum atomic E-state index is -0.209. The number of nitrogens with one attached hydrogen (secondary N) is 1. The van der Waals surface area contributed by atoms with Gasteiger partial charge in [-0.1, -0.05) is 18.2 Å². The average Bonchev–Trinajstić information content (AvgIpc) is 2.88. The molecule has 0 aliphatic heterocycles. The molecule has 0 saturated carbocycles. The Bertz CT molecular complexity index is 943. The highest BCUT2D eigenvalue weighted by atomic mass is 32.1. The number of carbonyl (C=O) groups excluding carboxylic acids is 1. The zero-order valence-corrected chi connectivity index (χ0v) is 15.6. The van der Waals surface area contributed by atoms with Gasteiger partial charge in [0.15, 0.2) is 0 Å². The molecule has 5 nitrogen and oxygen atoms in total. The van der Waals surface area contributed by atoms with Crippen LogP contribution in [0.2, 0.25) is 0 Å². The van der Waals surface area contributed by atoms with Crippen LogP contribution >= 0.6 is 11.3 Å². The van der Waals surface area contributed by atoms with E-state index in [-0.39, 0.29) is 5.91 Å². The fourth-order valence-electron chi connectivity index (χ4n) is 2.96. The van der Waals surface area contributed by atoms with Gasteiger partial charge in [0.2, 0.25) is 0 Å². The summed E-state index contributed by atoms with van der Waals surface area (Å²) in [5.41, 5.74) is 11.4. The van der Waals surface area contributed by atoms with E-state index in [1.807, 2.05) is 45.0 Å². The van der Waals surface area contributed by atoms with E-state index in [0.29, 0.717) is 17.2 Å². The molecule has 0 spiro atoms. The Hall–Kier alpha value is -2.44. The molecule has 1 amide bonds. The lowest BCUT2D eigenvalue weighted by atomic mass is 10.1. The summed E-state index contributed by atoms with van der Waals surface area (Å²) in [5, 5.41) is 3.80. The number of rotatable bonds is 4. The number of anilines is 2. The lowest BCUT2D eigenvalue weighted by Crippen LogP contribution is -2.13. The van der Waals surface area contributed by atoms with Crippen molar-refractivity contribution in [3.8, 4) is 0 Å². The van der Waals surface area contributed by atoms with Crippen molar-refractivity contribution in [2.24, 2.45) is 0 Å². The summed E-state index contributed by atoms with van der Waals surface area (Å²) in [5.74, 6) is -0.209. The fourth-order valence-corrected chi connectivity index (χ4v) is 4.04. The first kappa shape index (κ1) is 17.4. The first-order valence-electron chi connectivity index (χ1n) is 7.97. The van der Waals surface area contributed by atoms with E-state index in [9.17, 15) is 4.79 Å². The molecule has 0 saturated heterocycles. The number of benzene rings is 1. The van der Waals surface area contributed by atoms with Crippen LogP contribution in [0.25, 0.3) is 10.2 Å². The molecule has 3 aromatic rings. The molecule has 3 N–H and O–H groups in total. The number of pyridine rings is 1. The Kier molecular flexibility index (Phi) is 4.74. The third-order valence-corrected chi connectivity index (χ3v) is 5.23. The summed E-state index contributed by atoms with van der Waals surface area (Å²) in [6.45, 7) is 6.29. The number of carbonyl (C=O) groups is 1. The highest BCUT2D eigenvalue weighted by Crippen LogP contribution is 2.36. The van der Waals surface area contributed by atoms with Crippen molar-refractivity contribution in [2.45, 2.75) is 27.4 Å². The number of nitrogens with two attached hydrogens (primary N) is 1. The van der Waals surface area contributed by atoms with E-state index >= 15 is 0 Å². The van der Waals surface area contributed by atoms with Crippen molar-refractivity contribution in [1.29, 1.82) is 0 Å². The molecular formula is C19H21N3O2S. The van der Waals surface area contributed by atoms with Crippen LogP contribution in [0.4, 0.5) is 11.4 Å². The summed E-state index contributed by atoms with van der Waals surface area (Å²) in [7, 11) is 1.64. The van der Waals surface area contributed by atoms with E-state index in [2.05, 4.69) is 10.3 Å². The van der Waals surface area contributed by atoms with Gasteiger partial charge in [0.25, 0.3) is 5.91 Å². The number of para-hydroxylation sites is 1. The summed E-state index contributed by atoms with van der Waals surface area (Å²) >= 11 is 1.31. The zero-order valence-electron chi connectivity index (χ0n) is 14.8. The van der Waals surface area contributed by atoms with Gasteiger partial charge in [0.1, 0.15) is 9.71 Å². The first-order chi connectivity index (χ1) is 11.9. The molecule has 0 atom stereocenters. The number of ether oxygens (including phenoxy) is 1. The van der Waals surface area contributed by atoms with Crippen LogP contribution in [0.5, 0.6) is 0 Å². The van der Waals surface area contributed by atoms with Gasteiger partial charge in [0.05, 0.1) is 12.3 Å². The number of nitrogens with zero attached hydrogens (tertiary/aromatic N) is 1. The molecule has 0 fully saturated rings. The normalized spacial score (nSPS) is 11.0. The second kappa shape index (κ2) is 6.82. The maximum atomic E-state index is 12.8. The van der Waals surface area contributed by atoms with Crippen molar-refractivity contribution in [2.75, 3.05) is 18.2 Å². The second-order valence-electron chi connectivity index (χ2n) is 6.10. The highest BCUT2D eigenvalue weighted by molar-refractivity contribution is 7.21. The van der Waals surface area contributed by atoms with Crippen molar-refractivity contribution >= 4 is 38.8 Å². The lowest BCUT2D eigenvalue weighted by Gasteiger charge is -2.11. The molecule has 0 aliphatic rings. The van der Waals surface area contributed by atoms with Crippen LogP contribution in [0.3, 0.4) is 0 Å². The van der Waals surface area contributed by atoms with E-state index < -0.39 is 0 Å². The molecule has 0 radical (unpaired) electrons. The van der Waals surface area contributed by atoms with Gasteiger partial charge in [-0.05, 0) is 43.5 Å². The molecule has 1 aromatic carbocycles. The van der Waals surface area contributed by atoms with Gasteiger partial charge in [0, 0.05) is 23.9 Å². The number of methoxy groups -OCH3 is 1. The number of aromatic nitrogens is 1. The maximum absolute atomic E-state index is 12.8. The number of aryl methyl sites for hydroxylation is 3. The van der Waals surface area contributed by atoms with Crippen LogP contribution in [0, 0.1) is 20.8 Å². The predicted molar refractivity (Wildman–Crippen MR) is 103 cm³/mol. The van der Waals surface area contributed by atoms with Crippen molar-refractivity contribution < 1.29 is 9.53 Å². The van der Waals surface area contributed by atoms with E-state index in [1.165, 1.54) is 11.3 Å². The van der Waals surface area contributed by atoms with Crippen molar-refractivity contribution in [3.05, 3.63) is 51.5 Å². The van der Waals surface area contributed by atoms with Crippen LogP contribution in [-0.2, 0) is 11.3 Å². The Morgan fingerprint density at radius 1 is 1.28 bits per heavy atom. The lowest BCUT2D eigenvalue weighted by molar-refractivity contribution is 0.103. The summed E-state index contributed by atoms with van der Waals surface area (Å²) < 4.78 is 5.26. The standard InChI is InChI=1S/C19H21N3O2S/c1-10-6-5-7-11(2)16(10)22-18(23)17-15(20)14-13(9-24-4)8-12(3)21-19(14)25-17/h5-8H,9,20H2,1-4H3,(H,22,23). The summed E-state index contributed by atoms with van der Waals surface area (Å²) in [4.78, 5) is 18.6. The molecule has 2 aromatic heterocycles. The Morgan fingerprint density at radius 3 is 2.60 bits per heavy atom.